The van der Waals surface area contributed by atoms with Crippen LogP contribution in [0.2, 0.25) is 0 Å². The molecule has 2 saturated heterocycles. The van der Waals surface area contributed by atoms with E-state index in [0.717, 1.165) is 37.1 Å². The maximum atomic E-state index is 13.8. The Labute approximate surface area is 163 Å². The number of carbonyl (C=O) groups is 2. The quantitative estimate of drug-likeness (QED) is 0.744. The van der Waals surface area contributed by atoms with E-state index in [0.29, 0.717) is 19.4 Å². The number of ketones is 1. The Kier molecular flexibility index (Phi) is 2.45. The van der Waals surface area contributed by atoms with Crippen LogP contribution in [-0.2, 0) is 14.9 Å². The fourth-order valence-electron chi connectivity index (χ4n) is 9.19. The first-order valence-electron chi connectivity index (χ1n) is 10.5. The molecular formula is C22H24N2O4. The van der Waals surface area contributed by atoms with Gasteiger partial charge in [0.2, 0.25) is 0 Å². The molecule has 3 heterocycles. The molecule has 0 radical (unpaired) electrons. The van der Waals surface area contributed by atoms with E-state index in [-0.39, 0.29) is 23.2 Å². The maximum Gasteiger partial charge on any atom is 0.414 e. The molecule has 8 rings (SSSR count). The second-order valence-corrected chi connectivity index (χ2v) is 9.87. The molecule has 6 fully saturated rings. The zero-order chi connectivity index (χ0) is 19.1. The Morgan fingerprint density at radius 2 is 2.07 bits per heavy atom. The van der Waals surface area contributed by atoms with E-state index in [2.05, 4.69) is 11.0 Å². The molecule has 6 heteroatoms. The molecule has 1 N–H and O–H groups in total. The molecule has 3 spiro atoms. The van der Waals surface area contributed by atoms with Gasteiger partial charge in [-0.1, -0.05) is 18.2 Å². The summed E-state index contributed by atoms with van der Waals surface area (Å²) in [6.45, 7) is 1.71. The molecule has 4 bridgehead atoms. The first-order chi connectivity index (χ1) is 13.5. The predicted octanol–water partition coefficient (Wildman–Crippen LogP) is 1.84. The zero-order valence-electron chi connectivity index (χ0n) is 16.0. The summed E-state index contributed by atoms with van der Waals surface area (Å²) in [4.78, 5) is 31.1. The van der Waals surface area contributed by atoms with E-state index >= 15 is 0 Å². The smallest absolute Gasteiger partial charge is 0.414 e. The van der Waals surface area contributed by atoms with Crippen molar-refractivity contribution >= 4 is 17.6 Å². The number of ether oxygens (including phenoxy) is 1. The lowest BCUT2D eigenvalue weighted by atomic mass is 9.40. The monoisotopic (exact) mass is 380 g/mol. The van der Waals surface area contributed by atoms with Crippen molar-refractivity contribution in [3.63, 3.8) is 0 Å². The number of benzene rings is 1. The van der Waals surface area contributed by atoms with Gasteiger partial charge in [0.15, 0.2) is 5.78 Å². The van der Waals surface area contributed by atoms with Crippen molar-refractivity contribution in [2.24, 2.45) is 11.3 Å². The molecule has 28 heavy (non-hydrogen) atoms. The number of Topliss-reactive ketones (excluding diaryl/α,β-unsaturated/α-hetero) is 1. The number of piperidine rings is 1. The van der Waals surface area contributed by atoms with Gasteiger partial charge < -0.3 is 9.84 Å². The van der Waals surface area contributed by atoms with Crippen molar-refractivity contribution in [1.82, 2.24) is 4.90 Å². The summed E-state index contributed by atoms with van der Waals surface area (Å²) in [5.74, 6) is -0.287. The van der Waals surface area contributed by atoms with Crippen LogP contribution in [0.4, 0.5) is 10.5 Å². The highest BCUT2D eigenvalue weighted by atomic mass is 16.5. The number of para-hydroxylation sites is 1. The van der Waals surface area contributed by atoms with Crippen molar-refractivity contribution in [2.45, 2.75) is 54.7 Å². The lowest BCUT2D eigenvalue weighted by molar-refractivity contribution is -0.194. The Hall–Kier alpha value is -1.92. The Balaban J connectivity index is 1.65. The van der Waals surface area contributed by atoms with Crippen molar-refractivity contribution in [3.05, 3.63) is 29.8 Å². The van der Waals surface area contributed by atoms with Gasteiger partial charge in [-0.3, -0.25) is 14.6 Å². The van der Waals surface area contributed by atoms with Crippen molar-refractivity contribution in [2.75, 3.05) is 25.1 Å². The molecule has 4 aliphatic carbocycles. The van der Waals surface area contributed by atoms with Gasteiger partial charge in [-0.2, -0.15) is 0 Å². The van der Waals surface area contributed by atoms with Crippen LogP contribution in [-0.4, -0.2) is 59.3 Å². The molecule has 1 aromatic rings. The minimum absolute atomic E-state index is 0.0328. The fraction of sp³-hybridized carbons (Fsp3) is 0.636. The van der Waals surface area contributed by atoms with Crippen LogP contribution in [0.5, 0.6) is 0 Å². The normalized spacial score (nSPS) is 49.4. The van der Waals surface area contributed by atoms with Gasteiger partial charge in [-0.05, 0) is 55.7 Å². The number of anilines is 1. The summed E-state index contributed by atoms with van der Waals surface area (Å²) in [6, 6.07) is 8.22. The standard InChI is InChI=1S/C22H24N2O4/c1-28-18(26)24-15-6-3-2-5-13(15)22-14-11-23-10-4-7-19(17(22)23)8-9-21(22,24)20(27,12-19)16(14)25/h2-3,5-6,14,17,27H,4,7-12H2,1H3/t14-,17+,19?,20+,21?,22+/m0/s1. The SMILES string of the molecule is COC(=O)N1c2ccccc2[C@@]23[C@@H]4N5CCCC46CCC12[C@@](O)(C6)C(=O)[C@@H]3C5. The van der Waals surface area contributed by atoms with E-state index in [9.17, 15) is 14.7 Å². The lowest BCUT2D eigenvalue weighted by Gasteiger charge is -2.69. The first kappa shape index (κ1) is 15.9. The number of carbonyl (C=O) groups excluding carboxylic acids is 2. The van der Waals surface area contributed by atoms with E-state index in [1.54, 1.807) is 4.90 Å². The van der Waals surface area contributed by atoms with Crippen molar-refractivity contribution in [3.8, 4) is 0 Å². The van der Waals surface area contributed by atoms with Crippen molar-refractivity contribution in [1.29, 1.82) is 0 Å². The number of hydrogen-bond acceptors (Lipinski definition) is 5. The van der Waals surface area contributed by atoms with Crippen molar-refractivity contribution < 1.29 is 19.4 Å². The Morgan fingerprint density at radius 1 is 1.25 bits per heavy atom. The van der Waals surface area contributed by atoms with Gasteiger partial charge in [0, 0.05) is 18.5 Å². The summed E-state index contributed by atoms with van der Waals surface area (Å²) in [5, 5.41) is 12.1. The van der Waals surface area contributed by atoms with Crippen LogP contribution in [0, 0.1) is 11.3 Å². The maximum absolute atomic E-state index is 13.8. The van der Waals surface area contributed by atoms with E-state index in [4.69, 9.17) is 4.74 Å². The predicted molar refractivity (Wildman–Crippen MR) is 100 cm³/mol. The Bertz CT molecular complexity index is 979. The third-order valence-electron chi connectivity index (χ3n) is 9.48. The lowest BCUT2D eigenvalue weighted by Crippen LogP contribution is -2.82. The molecule has 1 amide bonds. The molecule has 6 atom stereocenters. The fourth-order valence-corrected chi connectivity index (χ4v) is 9.19. The number of aliphatic hydroxyl groups is 1. The number of nitrogens with zero attached hydrogens (tertiary/aromatic N) is 2. The van der Waals surface area contributed by atoms with Crippen LogP contribution in [0.1, 0.15) is 37.7 Å². The molecular weight excluding hydrogens is 356 g/mol. The van der Waals surface area contributed by atoms with E-state index in [1.807, 2.05) is 18.2 Å². The van der Waals surface area contributed by atoms with Gasteiger partial charge >= 0.3 is 6.09 Å². The van der Waals surface area contributed by atoms with Gasteiger partial charge in [-0.15, -0.1) is 0 Å². The summed E-state index contributed by atoms with van der Waals surface area (Å²) in [7, 11) is 1.39. The number of rotatable bonds is 0. The van der Waals surface area contributed by atoms with Crippen LogP contribution in [0.3, 0.4) is 0 Å². The minimum atomic E-state index is -1.48. The summed E-state index contributed by atoms with van der Waals surface area (Å²) in [5.41, 5.74) is -1.04. The minimum Gasteiger partial charge on any atom is -0.452 e. The summed E-state index contributed by atoms with van der Waals surface area (Å²) >= 11 is 0. The van der Waals surface area contributed by atoms with E-state index in [1.165, 1.54) is 7.11 Å². The third kappa shape index (κ3) is 1.16. The first-order valence-corrected chi connectivity index (χ1v) is 10.5. The third-order valence-corrected chi connectivity index (χ3v) is 9.48. The molecule has 4 saturated carbocycles. The average molecular weight is 380 g/mol. The van der Waals surface area contributed by atoms with Gasteiger partial charge in [0.1, 0.15) is 5.60 Å². The van der Waals surface area contributed by atoms with Crippen LogP contribution < -0.4 is 4.90 Å². The molecule has 3 aliphatic heterocycles. The summed E-state index contributed by atoms with van der Waals surface area (Å²) in [6.07, 6.45) is 3.84. The number of methoxy groups -OCH3 is 1. The van der Waals surface area contributed by atoms with Crippen LogP contribution in [0.15, 0.2) is 24.3 Å². The number of amides is 1. The number of fused-ring (bicyclic) bond motifs is 2. The molecule has 0 aromatic heterocycles. The van der Waals surface area contributed by atoms with Gasteiger partial charge in [0.25, 0.3) is 0 Å². The molecule has 7 aliphatic rings. The number of hydrogen-bond donors (Lipinski definition) is 1. The van der Waals surface area contributed by atoms with Gasteiger partial charge in [0.05, 0.1) is 23.8 Å². The topological polar surface area (TPSA) is 70.1 Å². The summed E-state index contributed by atoms with van der Waals surface area (Å²) < 4.78 is 5.22. The molecule has 6 nitrogen and oxygen atoms in total. The highest BCUT2D eigenvalue weighted by molar-refractivity contribution is 6.07. The average Bonchev–Trinajstić information content (AvgIpc) is 3.23. The Morgan fingerprint density at radius 3 is 2.89 bits per heavy atom. The second-order valence-electron chi connectivity index (χ2n) is 9.87. The van der Waals surface area contributed by atoms with E-state index < -0.39 is 22.6 Å². The molecule has 1 aromatic carbocycles. The van der Waals surface area contributed by atoms with Gasteiger partial charge in [-0.25, -0.2) is 4.79 Å². The second kappa shape index (κ2) is 4.31. The highest BCUT2D eigenvalue weighted by Crippen LogP contribution is 2.81. The molecule has 146 valence electrons. The van der Waals surface area contributed by atoms with Crippen LogP contribution >= 0.6 is 0 Å². The largest absolute Gasteiger partial charge is 0.452 e. The molecule has 2 unspecified atom stereocenters. The highest BCUT2D eigenvalue weighted by Gasteiger charge is 2.93. The zero-order valence-corrected chi connectivity index (χ0v) is 16.0. The van der Waals surface area contributed by atoms with Crippen LogP contribution in [0.25, 0.3) is 0 Å².